The first kappa shape index (κ1) is 21.6. The van der Waals surface area contributed by atoms with E-state index in [0.29, 0.717) is 9.91 Å². The second-order valence-corrected chi connectivity index (χ2v) is 8.09. The van der Waals surface area contributed by atoms with Gasteiger partial charge in [0.15, 0.2) is 0 Å². The summed E-state index contributed by atoms with van der Waals surface area (Å²) in [6.07, 6.45) is 2.48. The van der Waals surface area contributed by atoms with E-state index in [-0.39, 0.29) is 59.7 Å². The Bertz CT molecular complexity index is 776. The molecule has 0 unspecified atom stereocenters. The maximum Gasteiger partial charge on any atom is 1.00 e. The van der Waals surface area contributed by atoms with Crippen LogP contribution in [0.3, 0.4) is 0 Å². The van der Waals surface area contributed by atoms with Crippen molar-refractivity contribution < 1.29 is 54.5 Å². The number of aromatic nitrogens is 1. The van der Waals surface area contributed by atoms with Gasteiger partial charge in [0.25, 0.3) is 0 Å². The quantitative estimate of drug-likeness (QED) is 0.388. The van der Waals surface area contributed by atoms with E-state index in [4.69, 9.17) is 5.11 Å². The molecule has 2 aliphatic rings. The molecule has 3 rings (SSSR count). The van der Waals surface area contributed by atoms with Gasteiger partial charge in [-0.05, 0) is 18.4 Å². The minimum absolute atomic E-state index is 0. The third-order valence-corrected chi connectivity index (χ3v) is 6.47. The first-order chi connectivity index (χ1) is 11.9. The average Bonchev–Trinajstić information content (AvgIpc) is 3.09. The van der Waals surface area contributed by atoms with Crippen LogP contribution in [0, 0.1) is 11.8 Å². The van der Waals surface area contributed by atoms with Crippen LogP contribution in [0.15, 0.2) is 22.2 Å². The predicted octanol–water partition coefficient (Wildman–Crippen LogP) is -2.84. The van der Waals surface area contributed by atoms with Gasteiger partial charge in [0.1, 0.15) is 5.01 Å². The molecule has 1 fully saturated rings. The summed E-state index contributed by atoms with van der Waals surface area (Å²) in [5.74, 6) is -2.56. The summed E-state index contributed by atoms with van der Waals surface area (Å²) in [6, 6.07) is -0.350. The molecule has 10 heteroatoms. The topological polar surface area (TPSA) is 114 Å². The van der Waals surface area contributed by atoms with Crippen molar-refractivity contribution in [2.45, 2.75) is 32.6 Å². The van der Waals surface area contributed by atoms with Gasteiger partial charge in [0, 0.05) is 17.0 Å². The van der Waals surface area contributed by atoms with Crippen LogP contribution in [-0.2, 0) is 16.2 Å². The van der Waals surface area contributed by atoms with E-state index in [9.17, 15) is 19.8 Å². The summed E-state index contributed by atoms with van der Waals surface area (Å²) < 4.78 is 0. The minimum atomic E-state index is -1.39. The molecule has 0 aliphatic carbocycles. The molecule has 1 amide bonds. The van der Waals surface area contributed by atoms with E-state index in [1.54, 1.807) is 17.7 Å². The first-order valence-electron chi connectivity index (χ1n) is 7.72. The van der Waals surface area contributed by atoms with E-state index in [1.807, 2.05) is 6.92 Å². The van der Waals surface area contributed by atoms with Gasteiger partial charge in [0.05, 0.1) is 41.2 Å². The first-order valence-corrected chi connectivity index (χ1v) is 9.41. The number of hydrogen-bond acceptors (Lipinski definition) is 8. The van der Waals surface area contributed by atoms with Gasteiger partial charge in [-0.15, -0.1) is 11.3 Å². The van der Waals surface area contributed by atoms with Crippen LogP contribution in [0.5, 0.6) is 0 Å². The summed E-state index contributed by atoms with van der Waals surface area (Å²) in [5.41, 5.74) is -0.107. The second kappa shape index (κ2) is 8.55. The Morgan fingerprint density at radius 1 is 1.58 bits per heavy atom. The standard InChI is InChI=1S/C16H18N2O5S2.Na/c1-7-12-11(8(2)20)15(21)18(12)13(16(22)23)14(7)24-4-3-10-17-5-9(6-19)25-10;/h3-5,7-8,11-12,19-20H,6H2,1-2H3,(H,22,23);/q;+1/p-1/b4-3-;/t7-,8-,11-,12-;/m1./s1. The summed E-state index contributed by atoms with van der Waals surface area (Å²) in [6.45, 7) is 3.31. The summed E-state index contributed by atoms with van der Waals surface area (Å²) in [7, 11) is 0. The largest absolute Gasteiger partial charge is 1.00 e. The van der Waals surface area contributed by atoms with Crippen LogP contribution in [0.1, 0.15) is 23.7 Å². The third-order valence-electron chi connectivity index (χ3n) is 4.43. The molecule has 1 aromatic heterocycles. The molecule has 7 nitrogen and oxygen atoms in total. The number of amides is 1. The van der Waals surface area contributed by atoms with Gasteiger partial charge in [-0.3, -0.25) is 4.79 Å². The summed E-state index contributed by atoms with van der Waals surface area (Å²) in [4.78, 5) is 30.4. The number of aliphatic hydroxyl groups excluding tert-OH is 2. The SMILES string of the molecule is C[C@@H](O)[C@H]1C(=O)N2C(C(=O)[O-])=C(S/C=C\c3ncc(CO)s3)[C@H](C)[C@H]12.[Na+]. The van der Waals surface area contributed by atoms with Crippen molar-refractivity contribution in [3.05, 3.63) is 32.1 Å². The number of thiazole rings is 1. The van der Waals surface area contributed by atoms with Gasteiger partial charge in [0.2, 0.25) is 5.91 Å². The van der Waals surface area contributed by atoms with Crippen LogP contribution < -0.4 is 34.7 Å². The van der Waals surface area contributed by atoms with Crippen LogP contribution in [0.4, 0.5) is 0 Å². The van der Waals surface area contributed by atoms with E-state index < -0.39 is 18.0 Å². The van der Waals surface area contributed by atoms with Gasteiger partial charge in [-0.1, -0.05) is 18.7 Å². The number of aliphatic carboxylic acids is 1. The molecule has 3 heterocycles. The number of rotatable bonds is 6. The number of aliphatic hydroxyl groups is 2. The zero-order chi connectivity index (χ0) is 18.3. The van der Waals surface area contributed by atoms with Gasteiger partial charge in [-0.25, -0.2) is 4.98 Å². The van der Waals surface area contributed by atoms with E-state index in [2.05, 4.69) is 4.98 Å². The Kier molecular flexibility index (Phi) is 7.11. The smallest absolute Gasteiger partial charge is 0.543 e. The Morgan fingerprint density at radius 3 is 2.81 bits per heavy atom. The molecule has 4 atom stereocenters. The van der Waals surface area contributed by atoms with Crippen LogP contribution in [-0.4, -0.2) is 44.1 Å². The van der Waals surface area contributed by atoms with E-state index in [1.165, 1.54) is 34.9 Å². The van der Waals surface area contributed by atoms with Crippen molar-refractivity contribution in [1.82, 2.24) is 9.88 Å². The zero-order valence-electron chi connectivity index (χ0n) is 14.6. The fourth-order valence-electron chi connectivity index (χ4n) is 3.31. The molecule has 26 heavy (non-hydrogen) atoms. The van der Waals surface area contributed by atoms with Crippen molar-refractivity contribution in [2.75, 3.05) is 0 Å². The molecule has 2 N–H and O–H groups in total. The number of hydrogen-bond donors (Lipinski definition) is 2. The van der Waals surface area contributed by atoms with Gasteiger partial charge < -0.3 is 25.0 Å². The van der Waals surface area contributed by atoms with Crippen molar-refractivity contribution in [3.63, 3.8) is 0 Å². The number of carboxylic acid groups (broad SMARTS) is 1. The minimum Gasteiger partial charge on any atom is -0.543 e. The maximum absolute atomic E-state index is 12.2. The van der Waals surface area contributed by atoms with Crippen molar-refractivity contribution >= 4 is 41.1 Å². The molecule has 0 aromatic carbocycles. The van der Waals surface area contributed by atoms with E-state index in [0.717, 1.165) is 4.88 Å². The van der Waals surface area contributed by atoms with Crippen molar-refractivity contribution in [3.8, 4) is 0 Å². The monoisotopic (exact) mass is 404 g/mol. The van der Waals surface area contributed by atoms with Crippen molar-refractivity contribution in [2.24, 2.45) is 11.8 Å². The molecular formula is C16H17N2NaO5S2. The number of carbonyl (C=O) groups excluding carboxylic acids is 2. The van der Waals surface area contributed by atoms with Gasteiger partial charge in [-0.2, -0.15) is 0 Å². The third kappa shape index (κ3) is 3.66. The molecule has 134 valence electrons. The fourth-order valence-corrected chi connectivity index (χ4v) is 5.06. The average molecular weight is 404 g/mol. The molecule has 0 spiro atoms. The number of nitrogens with zero attached hydrogens (tertiary/aromatic N) is 2. The van der Waals surface area contributed by atoms with Crippen molar-refractivity contribution in [1.29, 1.82) is 0 Å². The number of thioether (sulfide) groups is 1. The Labute approximate surface area is 181 Å². The molecule has 2 aliphatic heterocycles. The normalized spacial score (nSPS) is 25.9. The Balaban J connectivity index is 0.00000243. The zero-order valence-corrected chi connectivity index (χ0v) is 18.2. The number of β-lactam (4-membered cyclic amide) rings is 1. The second-order valence-electron chi connectivity index (χ2n) is 6.00. The maximum atomic E-state index is 12.2. The molecule has 1 saturated heterocycles. The molecule has 0 saturated carbocycles. The van der Waals surface area contributed by atoms with Crippen LogP contribution in [0.25, 0.3) is 6.08 Å². The molecule has 1 aromatic rings. The van der Waals surface area contributed by atoms with E-state index >= 15 is 0 Å². The number of fused-ring (bicyclic) bond motifs is 1. The number of carbonyl (C=O) groups is 2. The van der Waals surface area contributed by atoms with Crippen LogP contribution >= 0.6 is 23.1 Å². The van der Waals surface area contributed by atoms with Crippen LogP contribution in [0.2, 0.25) is 0 Å². The fraction of sp³-hybridized carbons (Fsp3) is 0.438. The predicted molar refractivity (Wildman–Crippen MR) is 91.7 cm³/mol. The molecule has 0 radical (unpaired) electrons. The summed E-state index contributed by atoms with van der Waals surface area (Å²) >= 11 is 2.55. The summed E-state index contributed by atoms with van der Waals surface area (Å²) in [5, 5.41) is 32.8. The number of carboxylic acids is 1. The molecular weight excluding hydrogens is 387 g/mol. The Hall–Kier alpha value is -0.680. The van der Waals surface area contributed by atoms with Gasteiger partial charge >= 0.3 is 29.6 Å². The molecule has 0 bridgehead atoms. The Morgan fingerprint density at radius 2 is 2.27 bits per heavy atom.